The maximum absolute atomic E-state index is 10.8. The number of halogens is 1. The van der Waals surface area contributed by atoms with Gasteiger partial charge in [0.1, 0.15) is 5.75 Å². The number of aliphatic hydroxyl groups excluding tert-OH is 2. The number of hydrogen-bond donors (Lipinski definition) is 3. The van der Waals surface area contributed by atoms with E-state index in [0.717, 1.165) is 16.7 Å². The first-order chi connectivity index (χ1) is 14.0. The SMILES string of the molecule is OC[C@H](Cc1ccc(O)cc1)N(Cc1ccccc1)C[C@H](O)c1cccc(Cl)c1. The molecule has 0 amide bonds. The Morgan fingerprint density at radius 3 is 2.24 bits per heavy atom. The van der Waals surface area contributed by atoms with Crippen LogP contribution in [-0.4, -0.2) is 39.4 Å². The van der Waals surface area contributed by atoms with Gasteiger partial charge in [0, 0.05) is 24.2 Å². The topological polar surface area (TPSA) is 63.9 Å². The summed E-state index contributed by atoms with van der Waals surface area (Å²) in [7, 11) is 0. The van der Waals surface area contributed by atoms with E-state index in [1.165, 1.54) is 0 Å². The molecule has 2 atom stereocenters. The van der Waals surface area contributed by atoms with Gasteiger partial charge in [-0.2, -0.15) is 0 Å². The van der Waals surface area contributed by atoms with Crippen molar-refractivity contribution in [3.8, 4) is 5.75 Å². The summed E-state index contributed by atoms with van der Waals surface area (Å²) in [6, 6.07) is 24.0. The Kier molecular flexibility index (Phi) is 7.67. The third-order valence-corrected chi connectivity index (χ3v) is 5.24. The number of nitrogens with zero attached hydrogens (tertiary/aromatic N) is 1. The van der Waals surface area contributed by atoms with E-state index in [2.05, 4.69) is 4.90 Å². The summed E-state index contributed by atoms with van der Waals surface area (Å²) in [6.45, 7) is 0.913. The summed E-state index contributed by atoms with van der Waals surface area (Å²) in [5.41, 5.74) is 2.86. The molecule has 0 fully saturated rings. The van der Waals surface area contributed by atoms with Crippen LogP contribution in [0.1, 0.15) is 22.8 Å². The van der Waals surface area contributed by atoms with Crippen LogP contribution >= 0.6 is 11.6 Å². The van der Waals surface area contributed by atoms with Crippen molar-refractivity contribution in [1.29, 1.82) is 0 Å². The number of aliphatic hydroxyl groups is 2. The number of benzene rings is 3. The monoisotopic (exact) mass is 411 g/mol. The molecule has 0 radical (unpaired) electrons. The molecule has 0 unspecified atom stereocenters. The van der Waals surface area contributed by atoms with Crippen molar-refractivity contribution in [2.24, 2.45) is 0 Å². The van der Waals surface area contributed by atoms with Crippen LogP contribution in [0, 0.1) is 0 Å². The van der Waals surface area contributed by atoms with Crippen LogP contribution in [0.15, 0.2) is 78.9 Å². The number of phenolic OH excluding ortho intramolecular Hbond substituents is 1. The average Bonchev–Trinajstić information content (AvgIpc) is 2.73. The fourth-order valence-corrected chi connectivity index (χ4v) is 3.61. The summed E-state index contributed by atoms with van der Waals surface area (Å²) in [6.07, 6.45) is -0.127. The predicted molar refractivity (Wildman–Crippen MR) is 116 cm³/mol. The summed E-state index contributed by atoms with van der Waals surface area (Å²) >= 11 is 6.08. The number of phenols is 1. The third kappa shape index (κ3) is 6.31. The van der Waals surface area contributed by atoms with Crippen LogP contribution in [-0.2, 0) is 13.0 Å². The van der Waals surface area contributed by atoms with E-state index >= 15 is 0 Å². The highest BCUT2D eigenvalue weighted by atomic mass is 35.5. The highest BCUT2D eigenvalue weighted by Crippen LogP contribution is 2.22. The van der Waals surface area contributed by atoms with E-state index in [1.807, 2.05) is 54.6 Å². The van der Waals surface area contributed by atoms with Crippen LogP contribution in [0.2, 0.25) is 5.02 Å². The fraction of sp³-hybridized carbons (Fsp3) is 0.250. The van der Waals surface area contributed by atoms with Gasteiger partial charge in [-0.05, 0) is 47.4 Å². The molecule has 152 valence electrons. The first kappa shape index (κ1) is 21.3. The molecule has 3 N–H and O–H groups in total. The molecule has 3 rings (SSSR count). The molecule has 0 aliphatic heterocycles. The van der Waals surface area contributed by atoms with E-state index in [-0.39, 0.29) is 18.4 Å². The van der Waals surface area contributed by atoms with Crippen molar-refractivity contribution in [2.75, 3.05) is 13.2 Å². The van der Waals surface area contributed by atoms with Gasteiger partial charge in [0.05, 0.1) is 12.7 Å². The van der Waals surface area contributed by atoms with Crippen molar-refractivity contribution in [2.45, 2.75) is 25.1 Å². The van der Waals surface area contributed by atoms with E-state index in [1.54, 1.807) is 24.3 Å². The molecule has 0 bridgehead atoms. The zero-order chi connectivity index (χ0) is 20.6. The molecule has 0 aliphatic rings. The fourth-order valence-electron chi connectivity index (χ4n) is 3.42. The second-order valence-electron chi connectivity index (χ2n) is 7.19. The van der Waals surface area contributed by atoms with Crippen molar-refractivity contribution < 1.29 is 15.3 Å². The standard InChI is InChI=1S/C24H26ClNO3/c25-21-8-4-7-20(14-21)24(29)16-26(15-19-5-2-1-3-6-19)22(17-27)13-18-9-11-23(28)12-10-18/h1-12,14,22,24,27-29H,13,15-17H2/t22-,24-/m0/s1. The molecule has 0 aromatic heterocycles. The maximum Gasteiger partial charge on any atom is 0.115 e. The number of hydrogen-bond acceptors (Lipinski definition) is 4. The predicted octanol–water partition coefficient (Wildman–Crippen LogP) is 4.18. The molecule has 0 aliphatic carbocycles. The molecule has 0 heterocycles. The molecule has 3 aromatic rings. The lowest BCUT2D eigenvalue weighted by Gasteiger charge is -2.32. The summed E-state index contributed by atoms with van der Waals surface area (Å²) in [4.78, 5) is 2.09. The second-order valence-corrected chi connectivity index (χ2v) is 7.63. The zero-order valence-corrected chi connectivity index (χ0v) is 16.9. The van der Waals surface area contributed by atoms with Crippen molar-refractivity contribution in [1.82, 2.24) is 4.90 Å². The average molecular weight is 412 g/mol. The molecular weight excluding hydrogens is 386 g/mol. The minimum absolute atomic E-state index is 0.0457. The van der Waals surface area contributed by atoms with Crippen LogP contribution in [0.5, 0.6) is 5.75 Å². The Bertz CT molecular complexity index is 886. The van der Waals surface area contributed by atoms with Crippen LogP contribution in [0.4, 0.5) is 0 Å². The Morgan fingerprint density at radius 2 is 1.59 bits per heavy atom. The summed E-state index contributed by atoms with van der Waals surface area (Å²) in [5.74, 6) is 0.215. The van der Waals surface area contributed by atoms with Gasteiger partial charge in [0.15, 0.2) is 0 Å². The lowest BCUT2D eigenvalue weighted by Crippen LogP contribution is -2.41. The minimum Gasteiger partial charge on any atom is -0.508 e. The lowest BCUT2D eigenvalue weighted by molar-refractivity contribution is 0.0566. The van der Waals surface area contributed by atoms with Crippen LogP contribution in [0.3, 0.4) is 0 Å². The van der Waals surface area contributed by atoms with E-state index in [4.69, 9.17) is 11.6 Å². The van der Waals surface area contributed by atoms with Gasteiger partial charge < -0.3 is 15.3 Å². The van der Waals surface area contributed by atoms with E-state index in [9.17, 15) is 15.3 Å². The van der Waals surface area contributed by atoms with E-state index < -0.39 is 6.10 Å². The first-order valence-electron chi connectivity index (χ1n) is 9.65. The molecule has 29 heavy (non-hydrogen) atoms. The Balaban J connectivity index is 1.81. The minimum atomic E-state index is -0.730. The number of rotatable bonds is 9. The van der Waals surface area contributed by atoms with Crippen LogP contribution in [0.25, 0.3) is 0 Å². The van der Waals surface area contributed by atoms with Crippen LogP contribution < -0.4 is 0 Å². The molecule has 0 spiro atoms. The molecule has 0 saturated heterocycles. The smallest absolute Gasteiger partial charge is 0.115 e. The zero-order valence-electron chi connectivity index (χ0n) is 16.2. The van der Waals surface area contributed by atoms with Gasteiger partial charge >= 0.3 is 0 Å². The van der Waals surface area contributed by atoms with Crippen molar-refractivity contribution in [3.05, 3.63) is 101 Å². The second kappa shape index (κ2) is 10.4. The van der Waals surface area contributed by atoms with Gasteiger partial charge in [-0.25, -0.2) is 0 Å². The Labute approximate surface area is 176 Å². The van der Waals surface area contributed by atoms with Gasteiger partial charge in [-0.1, -0.05) is 66.2 Å². The third-order valence-electron chi connectivity index (χ3n) is 5.00. The molecular formula is C24H26ClNO3. The molecule has 3 aromatic carbocycles. The largest absolute Gasteiger partial charge is 0.508 e. The maximum atomic E-state index is 10.8. The normalized spacial score (nSPS) is 13.4. The highest BCUT2D eigenvalue weighted by Gasteiger charge is 2.22. The van der Waals surface area contributed by atoms with Gasteiger partial charge in [0.2, 0.25) is 0 Å². The van der Waals surface area contributed by atoms with E-state index in [0.29, 0.717) is 24.5 Å². The highest BCUT2D eigenvalue weighted by molar-refractivity contribution is 6.30. The quantitative estimate of drug-likeness (QED) is 0.494. The number of aromatic hydroxyl groups is 1. The molecule has 4 nitrogen and oxygen atoms in total. The lowest BCUT2D eigenvalue weighted by atomic mass is 10.0. The van der Waals surface area contributed by atoms with Gasteiger partial charge in [-0.3, -0.25) is 4.90 Å². The first-order valence-corrected chi connectivity index (χ1v) is 10.0. The summed E-state index contributed by atoms with van der Waals surface area (Å²) in [5, 5.41) is 31.0. The Hall–Kier alpha value is -2.37. The van der Waals surface area contributed by atoms with Gasteiger partial charge in [-0.15, -0.1) is 0 Å². The molecule has 0 saturated carbocycles. The van der Waals surface area contributed by atoms with Crippen molar-refractivity contribution >= 4 is 11.6 Å². The van der Waals surface area contributed by atoms with Gasteiger partial charge in [0.25, 0.3) is 0 Å². The Morgan fingerprint density at radius 1 is 0.862 bits per heavy atom. The summed E-state index contributed by atoms with van der Waals surface area (Å²) < 4.78 is 0. The van der Waals surface area contributed by atoms with Crippen molar-refractivity contribution in [3.63, 3.8) is 0 Å². The molecule has 5 heteroatoms.